The van der Waals surface area contributed by atoms with Crippen LogP contribution < -0.4 is 15.0 Å². The Balaban J connectivity index is 2.25. The molecule has 0 bridgehead atoms. The summed E-state index contributed by atoms with van der Waals surface area (Å²) in [6.07, 6.45) is 1.04. The maximum atomic E-state index is 12.4. The van der Waals surface area contributed by atoms with Crippen LogP contribution in [0, 0.1) is 0 Å². The molecule has 0 spiro atoms. The Morgan fingerprint density at radius 2 is 1.79 bits per heavy atom. The van der Waals surface area contributed by atoms with Crippen molar-refractivity contribution in [3.8, 4) is 16.9 Å². The number of urea groups is 1. The Bertz CT molecular complexity index is 911. The highest BCUT2D eigenvalue weighted by Crippen LogP contribution is 2.42. The zero-order valence-electron chi connectivity index (χ0n) is 16.5. The molecule has 3 amide bonds. The predicted molar refractivity (Wildman–Crippen MR) is 108 cm³/mol. The van der Waals surface area contributed by atoms with Gasteiger partial charge in [-0.25, -0.2) is 9.69 Å². The molecule has 6 nitrogen and oxygen atoms in total. The number of hydrogen-bond acceptors (Lipinski definition) is 4. The highest BCUT2D eigenvalue weighted by Gasteiger charge is 2.31. The standard InChI is InChI=1S/C22H24N2O4/c1-22(2,3)18-12-16(24-19(26)9-10-23-21(24)27)11-17(20(18)28-4)15-7-5-14(13-25)6-8-15/h5-8,11-13H,9-10H2,1-4H3,(H,23,27). The first-order valence-corrected chi connectivity index (χ1v) is 9.15. The van der Waals surface area contributed by atoms with E-state index in [-0.39, 0.29) is 17.7 Å². The Hall–Kier alpha value is -3.15. The van der Waals surface area contributed by atoms with E-state index in [0.717, 1.165) is 23.0 Å². The molecular weight excluding hydrogens is 356 g/mol. The molecule has 6 heteroatoms. The first kappa shape index (κ1) is 19.6. The molecule has 2 aromatic carbocycles. The third-order valence-corrected chi connectivity index (χ3v) is 4.77. The lowest BCUT2D eigenvalue weighted by molar-refractivity contribution is -0.118. The minimum atomic E-state index is -0.427. The Morgan fingerprint density at radius 3 is 2.32 bits per heavy atom. The van der Waals surface area contributed by atoms with Gasteiger partial charge in [-0.15, -0.1) is 0 Å². The van der Waals surface area contributed by atoms with Crippen molar-refractivity contribution in [2.45, 2.75) is 32.6 Å². The summed E-state index contributed by atoms with van der Waals surface area (Å²) in [5, 5.41) is 2.72. The SMILES string of the molecule is COc1c(-c2ccc(C=O)cc2)cc(N2C(=O)CCNC2=O)cc1C(C)(C)C. The fourth-order valence-corrected chi connectivity index (χ4v) is 3.32. The zero-order valence-corrected chi connectivity index (χ0v) is 16.5. The first-order valence-electron chi connectivity index (χ1n) is 9.15. The van der Waals surface area contributed by atoms with Gasteiger partial charge in [-0.2, -0.15) is 0 Å². The number of imide groups is 1. The van der Waals surface area contributed by atoms with Crippen molar-refractivity contribution in [2.75, 3.05) is 18.6 Å². The highest BCUT2D eigenvalue weighted by atomic mass is 16.5. The Morgan fingerprint density at radius 1 is 1.11 bits per heavy atom. The van der Waals surface area contributed by atoms with Gasteiger partial charge in [0.25, 0.3) is 0 Å². The van der Waals surface area contributed by atoms with Crippen LogP contribution in [0.15, 0.2) is 36.4 Å². The van der Waals surface area contributed by atoms with Crippen molar-refractivity contribution in [3.63, 3.8) is 0 Å². The number of ether oxygens (including phenoxy) is 1. The largest absolute Gasteiger partial charge is 0.496 e. The molecule has 1 aliphatic heterocycles. The van der Waals surface area contributed by atoms with Crippen LogP contribution in [0.4, 0.5) is 10.5 Å². The van der Waals surface area contributed by atoms with Crippen LogP contribution in [0.1, 0.15) is 43.1 Å². The third-order valence-electron chi connectivity index (χ3n) is 4.77. The summed E-state index contributed by atoms with van der Waals surface area (Å²) in [6, 6.07) is 10.3. The van der Waals surface area contributed by atoms with E-state index in [9.17, 15) is 14.4 Å². The lowest BCUT2D eigenvalue weighted by atomic mass is 9.83. The van der Waals surface area contributed by atoms with E-state index in [1.165, 1.54) is 4.90 Å². The van der Waals surface area contributed by atoms with Gasteiger partial charge in [0.05, 0.1) is 12.8 Å². The lowest BCUT2D eigenvalue weighted by Gasteiger charge is -2.30. The van der Waals surface area contributed by atoms with Crippen molar-refractivity contribution in [3.05, 3.63) is 47.5 Å². The van der Waals surface area contributed by atoms with E-state index in [0.29, 0.717) is 23.5 Å². The van der Waals surface area contributed by atoms with Gasteiger partial charge >= 0.3 is 6.03 Å². The topological polar surface area (TPSA) is 75.7 Å². The number of carbonyl (C=O) groups excluding carboxylic acids is 3. The number of hydrogen-bond donors (Lipinski definition) is 1. The van der Waals surface area contributed by atoms with Gasteiger partial charge in [0.2, 0.25) is 5.91 Å². The van der Waals surface area contributed by atoms with Crippen molar-refractivity contribution in [1.82, 2.24) is 5.32 Å². The lowest BCUT2D eigenvalue weighted by Crippen LogP contribution is -2.50. The number of carbonyl (C=O) groups is 3. The van der Waals surface area contributed by atoms with Crippen molar-refractivity contribution in [1.29, 1.82) is 0 Å². The second kappa shape index (κ2) is 7.46. The van der Waals surface area contributed by atoms with Crippen LogP contribution in [0.2, 0.25) is 0 Å². The maximum absolute atomic E-state index is 12.4. The van der Waals surface area contributed by atoms with Crippen LogP contribution in [-0.4, -0.2) is 31.9 Å². The molecular formula is C22H24N2O4. The predicted octanol–water partition coefficient (Wildman–Crippen LogP) is 3.92. The molecule has 1 aliphatic rings. The number of methoxy groups -OCH3 is 1. The minimum absolute atomic E-state index is 0.240. The Kier molecular flexibility index (Phi) is 5.23. The zero-order chi connectivity index (χ0) is 20.5. The molecule has 0 atom stereocenters. The smallest absolute Gasteiger partial charge is 0.328 e. The molecule has 2 aromatic rings. The van der Waals surface area contributed by atoms with Crippen LogP contribution >= 0.6 is 0 Å². The fourth-order valence-electron chi connectivity index (χ4n) is 3.32. The van der Waals surface area contributed by atoms with Crippen LogP contribution in [0.5, 0.6) is 5.75 Å². The molecule has 146 valence electrons. The van der Waals surface area contributed by atoms with Crippen LogP contribution in [0.25, 0.3) is 11.1 Å². The summed E-state index contributed by atoms with van der Waals surface area (Å²) >= 11 is 0. The molecule has 0 radical (unpaired) electrons. The highest BCUT2D eigenvalue weighted by molar-refractivity contribution is 6.16. The molecule has 1 heterocycles. The van der Waals surface area contributed by atoms with Gasteiger partial charge < -0.3 is 10.1 Å². The summed E-state index contributed by atoms with van der Waals surface area (Å²) in [5.74, 6) is 0.441. The van der Waals surface area contributed by atoms with Gasteiger partial charge in [-0.05, 0) is 23.1 Å². The summed E-state index contributed by atoms with van der Waals surface area (Å²) in [7, 11) is 1.60. The number of rotatable bonds is 4. The number of nitrogens with zero attached hydrogens (tertiary/aromatic N) is 1. The van der Waals surface area contributed by atoms with Gasteiger partial charge in [0.15, 0.2) is 0 Å². The third kappa shape index (κ3) is 3.63. The Labute approximate surface area is 164 Å². The molecule has 28 heavy (non-hydrogen) atoms. The van der Waals surface area contributed by atoms with Gasteiger partial charge in [0, 0.05) is 29.7 Å². The molecule has 0 aromatic heterocycles. The number of aldehydes is 1. The first-order chi connectivity index (χ1) is 13.3. The average molecular weight is 380 g/mol. The normalized spacial score (nSPS) is 14.6. The molecule has 3 rings (SSSR count). The van der Waals surface area contributed by atoms with E-state index in [2.05, 4.69) is 5.32 Å². The number of benzene rings is 2. The number of amides is 3. The van der Waals surface area contributed by atoms with Crippen LogP contribution in [0.3, 0.4) is 0 Å². The minimum Gasteiger partial charge on any atom is -0.496 e. The molecule has 1 N–H and O–H groups in total. The van der Waals surface area contributed by atoms with Crippen molar-refractivity contribution < 1.29 is 19.1 Å². The monoisotopic (exact) mass is 380 g/mol. The summed E-state index contributed by atoms with van der Waals surface area (Å²) in [5.41, 5.74) is 3.26. The van der Waals surface area contributed by atoms with E-state index in [1.54, 1.807) is 25.3 Å². The maximum Gasteiger partial charge on any atom is 0.328 e. The molecule has 0 aliphatic carbocycles. The van der Waals surface area contributed by atoms with Gasteiger partial charge in [-0.3, -0.25) is 9.59 Å². The van der Waals surface area contributed by atoms with Crippen molar-refractivity contribution in [2.24, 2.45) is 0 Å². The fraction of sp³-hybridized carbons (Fsp3) is 0.318. The quantitative estimate of drug-likeness (QED) is 0.816. The van der Waals surface area contributed by atoms with Gasteiger partial charge in [-0.1, -0.05) is 45.0 Å². The second-order valence-electron chi connectivity index (χ2n) is 7.78. The average Bonchev–Trinajstić information content (AvgIpc) is 2.66. The molecule has 0 saturated carbocycles. The number of anilines is 1. The second-order valence-corrected chi connectivity index (χ2v) is 7.78. The summed E-state index contributed by atoms with van der Waals surface area (Å²) in [6.45, 7) is 6.49. The number of nitrogens with one attached hydrogen (secondary N) is 1. The molecule has 1 fully saturated rings. The summed E-state index contributed by atoms with van der Waals surface area (Å²) in [4.78, 5) is 37.0. The van der Waals surface area contributed by atoms with E-state index in [4.69, 9.17) is 4.74 Å². The van der Waals surface area contributed by atoms with E-state index < -0.39 is 6.03 Å². The summed E-state index contributed by atoms with van der Waals surface area (Å²) < 4.78 is 5.74. The van der Waals surface area contributed by atoms with Crippen molar-refractivity contribution >= 4 is 23.9 Å². The molecule has 1 saturated heterocycles. The van der Waals surface area contributed by atoms with Crippen LogP contribution in [-0.2, 0) is 10.2 Å². The van der Waals surface area contributed by atoms with E-state index >= 15 is 0 Å². The van der Waals surface area contributed by atoms with Gasteiger partial charge in [0.1, 0.15) is 12.0 Å². The molecule has 0 unspecified atom stereocenters. The van der Waals surface area contributed by atoms with E-state index in [1.807, 2.05) is 39.0 Å².